The predicted octanol–water partition coefficient (Wildman–Crippen LogP) is 6.35. The molecule has 0 saturated carbocycles. The number of ether oxygens (including phenoxy) is 2. The van der Waals surface area contributed by atoms with Crippen LogP contribution >= 0.6 is 0 Å². The SMILES string of the molecule is COc1ccc(C(CC(=O)NCCc2nc3ccccc3[nH]2)c2c(O)cc3c(c2O)C(=O)O[C@@H](C)CCCC(=O)CCCC=C3)cc1. The van der Waals surface area contributed by atoms with E-state index in [1.807, 2.05) is 30.3 Å². The second-order valence-corrected chi connectivity index (χ2v) is 11.9. The Morgan fingerprint density at radius 1 is 1.11 bits per heavy atom. The number of aromatic amines is 1. The molecule has 1 aromatic heterocycles. The Morgan fingerprint density at radius 2 is 1.87 bits per heavy atom. The van der Waals surface area contributed by atoms with Gasteiger partial charge in [0.15, 0.2) is 0 Å². The lowest BCUT2D eigenvalue weighted by Gasteiger charge is -2.23. The van der Waals surface area contributed by atoms with Gasteiger partial charge in [-0.25, -0.2) is 9.78 Å². The van der Waals surface area contributed by atoms with Gasteiger partial charge >= 0.3 is 5.97 Å². The molecule has 1 amide bonds. The molecule has 2 heterocycles. The molecule has 0 aliphatic carbocycles. The van der Waals surface area contributed by atoms with Crippen molar-refractivity contribution in [2.24, 2.45) is 0 Å². The number of para-hydroxylation sites is 2. The second-order valence-electron chi connectivity index (χ2n) is 11.9. The fourth-order valence-electron chi connectivity index (χ4n) is 5.94. The highest BCUT2D eigenvalue weighted by atomic mass is 16.5. The summed E-state index contributed by atoms with van der Waals surface area (Å²) in [6.07, 6.45) is 6.53. The number of ketones is 1. The lowest BCUT2D eigenvalue weighted by molar-refractivity contribution is -0.121. The number of esters is 1. The molecule has 0 bridgehead atoms. The standard InChI is InChI=1S/C37H41N3O7/c1-23-9-8-12-26(41)11-5-3-4-10-25-21-31(42)35(36(44)34(25)37(45)47-23)28(24-15-17-27(46-2)18-16-24)22-33(43)38-20-19-32-39-29-13-6-7-14-30(29)40-32/h4,6-7,10,13-18,21,23,28,42,44H,3,5,8-9,11-12,19-20,22H2,1-2H3,(H,38,43)(H,39,40)/t23-,28?/m0/s1. The highest BCUT2D eigenvalue weighted by molar-refractivity contribution is 5.98. The number of cyclic esters (lactones) is 1. The van der Waals surface area contributed by atoms with Crippen molar-refractivity contribution in [2.45, 2.75) is 70.3 Å². The van der Waals surface area contributed by atoms with E-state index in [0.29, 0.717) is 62.8 Å². The third kappa shape index (κ3) is 8.38. The smallest absolute Gasteiger partial charge is 0.342 e. The van der Waals surface area contributed by atoms with Crippen LogP contribution in [0.3, 0.4) is 0 Å². The van der Waals surface area contributed by atoms with Crippen LogP contribution in [0.2, 0.25) is 0 Å². The van der Waals surface area contributed by atoms with Crippen LogP contribution in [0, 0.1) is 0 Å². The van der Waals surface area contributed by atoms with Crippen LogP contribution < -0.4 is 10.1 Å². The minimum absolute atomic E-state index is 0.0473. The van der Waals surface area contributed by atoms with E-state index < -0.39 is 23.7 Å². The van der Waals surface area contributed by atoms with Crippen molar-refractivity contribution in [1.29, 1.82) is 0 Å². The van der Waals surface area contributed by atoms with Gasteiger partial charge in [-0.2, -0.15) is 0 Å². The molecular weight excluding hydrogens is 598 g/mol. The molecule has 246 valence electrons. The van der Waals surface area contributed by atoms with Gasteiger partial charge in [0.05, 0.1) is 24.2 Å². The van der Waals surface area contributed by atoms with Crippen molar-refractivity contribution < 1.29 is 34.1 Å². The number of hydrogen-bond acceptors (Lipinski definition) is 8. The number of phenolic OH excluding ortho intramolecular Hbond substituents is 2. The summed E-state index contributed by atoms with van der Waals surface area (Å²) in [6, 6.07) is 16.1. The van der Waals surface area contributed by atoms with Crippen LogP contribution in [-0.2, 0) is 20.7 Å². The fraction of sp³-hybridized carbons (Fsp3) is 0.351. The first-order valence-corrected chi connectivity index (χ1v) is 16.1. The summed E-state index contributed by atoms with van der Waals surface area (Å²) in [6.45, 7) is 2.06. The monoisotopic (exact) mass is 639 g/mol. The highest BCUT2D eigenvalue weighted by Gasteiger charge is 2.31. The number of aromatic hydroxyl groups is 2. The number of amides is 1. The number of hydrogen-bond donors (Lipinski definition) is 4. The molecule has 2 atom stereocenters. The number of rotatable bonds is 8. The van der Waals surface area contributed by atoms with Gasteiger partial charge in [-0.1, -0.05) is 36.4 Å². The first-order valence-electron chi connectivity index (χ1n) is 16.1. The van der Waals surface area contributed by atoms with Gasteiger partial charge in [0.25, 0.3) is 0 Å². The molecule has 0 fully saturated rings. The molecule has 0 saturated heterocycles. The number of methoxy groups -OCH3 is 1. The Bertz CT molecular complexity index is 1730. The fourth-order valence-corrected chi connectivity index (χ4v) is 5.94. The van der Waals surface area contributed by atoms with Gasteiger partial charge < -0.3 is 30.0 Å². The molecule has 1 unspecified atom stereocenters. The summed E-state index contributed by atoms with van der Waals surface area (Å²) in [5.74, 6) is -1.06. The van der Waals surface area contributed by atoms with E-state index in [-0.39, 0.29) is 40.6 Å². The molecule has 4 aromatic rings. The average Bonchev–Trinajstić information content (AvgIpc) is 3.46. The van der Waals surface area contributed by atoms with Gasteiger partial charge in [-0.3, -0.25) is 9.59 Å². The molecule has 5 rings (SSSR count). The maximum Gasteiger partial charge on any atom is 0.342 e. The van der Waals surface area contributed by atoms with Crippen LogP contribution in [0.1, 0.15) is 90.7 Å². The Balaban J connectivity index is 1.45. The Morgan fingerprint density at radius 3 is 2.64 bits per heavy atom. The predicted molar refractivity (Wildman–Crippen MR) is 179 cm³/mol. The van der Waals surface area contributed by atoms with E-state index in [0.717, 1.165) is 16.9 Å². The maximum atomic E-state index is 13.6. The third-order valence-electron chi connectivity index (χ3n) is 8.43. The third-order valence-corrected chi connectivity index (χ3v) is 8.43. The molecule has 3 aromatic carbocycles. The first kappa shape index (κ1) is 33.2. The number of Topliss-reactive ketones (excluding diaryl/α,β-unsaturated/α-hetero) is 1. The van der Waals surface area contributed by atoms with Crippen molar-refractivity contribution in [3.05, 3.63) is 88.8 Å². The number of benzene rings is 3. The van der Waals surface area contributed by atoms with E-state index in [4.69, 9.17) is 9.47 Å². The molecule has 0 radical (unpaired) electrons. The lowest BCUT2D eigenvalue weighted by Crippen LogP contribution is -2.28. The average molecular weight is 640 g/mol. The van der Waals surface area contributed by atoms with E-state index in [1.54, 1.807) is 44.4 Å². The highest BCUT2D eigenvalue weighted by Crippen LogP contribution is 2.44. The zero-order valence-electron chi connectivity index (χ0n) is 26.8. The second kappa shape index (κ2) is 15.4. The molecule has 0 spiro atoms. The van der Waals surface area contributed by atoms with Gasteiger partial charge in [-0.05, 0) is 74.1 Å². The number of carbonyl (C=O) groups is 3. The number of H-pyrrole nitrogens is 1. The Kier molecular flexibility index (Phi) is 10.9. The summed E-state index contributed by atoms with van der Waals surface area (Å²) in [7, 11) is 1.55. The number of allylic oxidation sites excluding steroid dienone is 1. The van der Waals surface area contributed by atoms with E-state index >= 15 is 0 Å². The minimum Gasteiger partial charge on any atom is -0.507 e. The summed E-state index contributed by atoms with van der Waals surface area (Å²) in [5, 5.41) is 26.0. The van der Waals surface area contributed by atoms with Crippen LogP contribution in [-0.4, -0.2) is 57.6 Å². The van der Waals surface area contributed by atoms with Crippen molar-refractivity contribution in [3.63, 3.8) is 0 Å². The van der Waals surface area contributed by atoms with Crippen LogP contribution in [0.5, 0.6) is 17.2 Å². The molecule has 10 nitrogen and oxygen atoms in total. The van der Waals surface area contributed by atoms with Crippen molar-refractivity contribution >= 4 is 34.8 Å². The number of imidazole rings is 1. The van der Waals surface area contributed by atoms with Gasteiger partial charge in [-0.15, -0.1) is 0 Å². The number of carbonyl (C=O) groups excluding carboxylic acids is 3. The number of aromatic nitrogens is 2. The van der Waals surface area contributed by atoms with Crippen LogP contribution in [0.4, 0.5) is 0 Å². The molecule has 1 aliphatic rings. The van der Waals surface area contributed by atoms with E-state index in [9.17, 15) is 24.6 Å². The molecule has 10 heteroatoms. The minimum atomic E-state index is -0.814. The summed E-state index contributed by atoms with van der Waals surface area (Å²) >= 11 is 0. The summed E-state index contributed by atoms with van der Waals surface area (Å²) in [4.78, 5) is 46.9. The van der Waals surface area contributed by atoms with Gasteiger partial charge in [0.1, 0.15) is 34.4 Å². The summed E-state index contributed by atoms with van der Waals surface area (Å²) in [5.41, 5.74) is 2.64. The van der Waals surface area contributed by atoms with Crippen molar-refractivity contribution in [3.8, 4) is 17.2 Å². The number of nitrogens with one attached hydrogen (secondary N) is 2. The van der Waals surface area contributed by atoms with E-state index in [1.165, 1.54) is 6.07 Å². The topological polar surface area (TPSA) is 151 Å². The number of fused-ring (bicyclic) bond motifs is 2. The van der Waals surface area contributed by atoms with E-state index in [2.05, 4.69) is 15.3 Å². The van der Waals surface area contributed by atoms with Crippen molar-refractivity contribution in [1.82, 2.24) is 15.3 Å². The van der Waals surface area contributed by atoms with Crippen LogP contribution in [0.25, 0.3) is 17.1 Å². The Labute approximate surface area is 273 Å². The summed E-state index contributed by atoms with van der Waals surface area (Å²) < 4.78 is 11.0. The van der Waals surface area contributed by atoms with Crippen LogP contribution in [0.15, 0.2) is 60.7 Å². The Hall–Kier alpha value is -5.12. The molecule has 1 aliphatic heterocycles. The molecule has 4 N–H and O–H groups in total. The zero-order chi connectivity index (χ0) is 33.3. The molecule has 47 heavy (non-hydrogen) atoms. The normalized spacial score (nSPS) is 16.6. The maximum absolute atomic E-state index is 13.6. The lowest BCUT2D eigenvalue weighted by atomic mass is 9.84. The van der Waals surface area contributed by atoms with Crippen molar-refractivity contribution in [2.75, 3.05) is 13.7 Å². The zero-order valence-corrected chi connectivity index (χ0v) is 26.8. The number of nitrogens with zero attached hydrogens (tertiary/aromatic N) is 1. The molecular formula is C37H41N3O7. The van der Waals surface area contributed by atoms with Gasteiger partial charge in [0, 0.05) is 43.7 Å². The van der Waals surface area contributed by atoms with Gasteiger partial charge in [0.2, 0.25) is 5.91 Å². The first-order chi connectivity index (χ1) is 22.7. The largest absolute Gasteiger partial charge is 0.507 e. The quantitative estimate of drug-likeness (QED) is 0.163. The number of phenols is 2.